The molecule has 0 radical (unpaired) electrons. The third kappa shape index (κ3) is 5.52. The molecule has 96 valence electrons. The van der Waals surface area contributed by atoms with Gasteiger partial charge in [-0.2, -0.15) is 0 Å². The number of hydrogen-bond donors (Lipinski definition) is 1. The van der Waals surface area contributed by atoms with Crippen molar-refractivity contribution < 1.29 is 5.11 Å². The van der Waals surface area contributed by atoms with Gasteiger partial charge in [0.05, 0.1) is 0 Å². The summed E-state index contributed by atoms with van der Waals surface area (Å²) in [5.41, 5.74) is 0.965. The van der Waals surface area contributed by atoms with Crippen LogP contribution in [0, 0.1) is 0 Å². The van der Waals surface area contributed by atoms with Crippen LogP contribution < -0.4 is 0 Å². The lowest BCUT2D eigenvalue weighted by Crippen LogP contribution is -2.23. The molecule has 0 saturated carbocycles. The smallest absolute Gasteiger partial charge is 0.120 e. The fourth-order valence-corrected chi connectivity index (χ4v) is 2.12. The van der Waals surface area contributed by atoms with Gasteiger partial charge in [0.1, 0.15) is 5.75 Å². The highest BCUT2D eigenvalue weighted by Gasteiger charge is 2.05. The zero-order valence-corrected chi connectivity index (χ0v) is 12.4. The van der Waals surface area contributed by atoms with Crippen molar-refractivity contribution in [1.82, 2.24) is 9.80 Å². The first kappa shape index (κ1) is 14.5. The lowest BCUT2D eigenvalue weighted by molar-refractivity contribution is 0.291. The van der Waals surface area contributed by atoms with Crippen LogP contribution in [-0.2, 0) is 6.54 Å². The molecule has 0 amide bonds. The van der Waals surface area contributed by atoms with Crippen molar-refractivity contribution in [1.29, 1.82) is 0 Å². The van der Waals surface area contributed by atoms with E-state index in [-0.39, 0.29) is 0 Å². The summed E-state index contributed by atoms with van der Waals surface area (Å²) in [7, 11) is 6.25. The second kappa shape index (κ2) is 6.99. The monoisotopic (exact) mass is 300 g/mol. The van der Waals surface area contributed by atoms with E-state index < -0.39 is 0 Å². The van der Waals surface area contributed by atoms with Crippen LogP contribution >= 0.6 is 15.9 Å². The number of rotatable bonds is 6. The number of hydrogen-bond acceptors (Lipinski definition) is 3. The molecule has 0 bridgehead atoms. The number of benzene rings is 1. The van der Waals surface area contributed by atoms with Gasteiger partial charge in [0.2, 0.25) is 0 Å². The van der Waals surface area contributed by atoms with Gasteiger partial charge < -0.3 is 14.9 Å². The predicted molar refractivity (Wildman–Crippen MR) is 75.3 cm³/mol. The Balaban J connectivity index is 2.44. The first-order chi connectivity index (χ1) is 7.99. The van der Waals surface area contributed by atoms with Gasteiger partial charge in [-0.25, -0.2) is 0 Å². The van der Waals surface area contributed by atoms with Crippen molar-refractivity contribution in [3.8, 4) is 5.75 Å². The second-order valence-corrected chi connectivity index (χ2v) is 5.58. The highest BCUT2D eigenvalue weighted by molar-refractivity contribution is 9.10. The minimum atomic E-state index is 0.368. The van der Waals surface area contributed by atoms with Crippen LogP contribution in [0.25, 0.3) is 0 Å². The lowest BCUT2D eigenvalue weighted by Gasteiger charge is -2.18. The van der Waals surface area contributed by atoms with Gasteiger partial charge in [0.25, 0.3) is 0 Å². The van der Waals surface area contributed by atoms with Gasteiger partial charge >= 0.3 is 0 Å². The maximum absolute atomic E-state index is 9.74. The second-order valence-electron chi connectivity index (χ2n) is 4.67. The number of phenols is 1. The standard InChI is InChI=1S/C13H21BrN2O/c1-15(2)7-4-8-16(3)10-11-9-12(14)5-6-13(11)17/h5-6,9,17H,4,7-8,10H2,1-3H3. The third-order valence-electron chi connectivity index (χ3n) is 2.63. The quantitative estimate of drug-likeness (QED) is 0.875. The first-order valence-electron chi connectivity index (χ1n) is 5.79. The Morgan fingerprint density at radius 3 is 2.53 bits per heavy atom. The summed E-state index contributed by atoms with van der Waals surface area (Å²) in [5, 5.41) is 9.74. The summed E-state index contributed by atoms with van der Waals surface area (Å²) in [6.45, 7) is 2.90. The van der Waals surface area contributed by atoms with Crippen molar-refractivity contribution in [3.63, 3.8) is 0 Å². The van der Waals surface area contributed by atoms with E-state index in [2.05, 4.69) is 46.9 Å². The Morgan fingerprint density at radius 1 is 1.18 bits per heavy atom. The number of nitrogens with zero attached hydrogens (tertiary/aromatic N) is 2. The Kier molecular flexibility index (Phi) is 5.95. The first-order valence-corrected chi connectivity index (χ1v) is 6.59. The van der Waals surface area contributed by atoms with E-state index in [1.807, 2.05) is 12.1 Å². The van der Waals surface area contributed by atoms with Gasteiger partial charge in [0.15, 0.2) is 0 Å². The summed E-state index contributed by atoms with van der Waals surface area (Å²) in [6.07, 6.45) is 1.14. The van der Waals surface area contributed by atoms with E-state index in [1.165, 1.54) is 0 Å². The van der Waals surface area contributed by atoms with Gasteiger partial charge in [-0.15, -0.1) is 0 Å². The molecule has 0 aromatic heterocycles. The van der Waals surface area contributed by atoms with Crippen LogP contribution in [0.5, 0.6) is 5.75 Å². The van der Waals surface area contributed by atoms with Gasteiger partial charge in [-0.1, -0.05) is 15.9 Å². The molecular weight excluding hydrogens is 280 g/mol. The van der Waals surface area contributed by atoms with Gasteiger partial charge in [0, 0.05) is 16.6 Å². The molecule has 1 aromatic carbocycles. The molecule has 0 aliphatic rings. The number of aromatic hydroxyl groups is 1. The topological polar surface area (TPSA) is 26.7 Å². The van der Waals surface area contributed by atoms with Crippen LogP contribution in [-0.4, -0.2) is 49.1 Å². The molecule has 3 nitrogen and oxygen atoms in total. The van der Waals surface area contributed by atoms with Crippen molar-refractivity contribution in [2.24, 2.45) is 0 Å². The molecule has 0 aliphatic carbocycles. The molecule has 1 rings (SSSR count). The number of phenolic OH excluding ortho intramolecular Hbond substituents is 1. The van der Waals surface area contributed by atoms with Crippen LogP contribution in [0.2, 0.25) is 0 Å². The molecule has 0 spiro atoms. The fourth-order valence-electron chi connectivity index (χ4n) is 1.71. The maximum Gasteiger partial charge on any atom is 0.120 e. The molecule has 0 unspecified atom stereocenters. The Hall–Kier alpha value is -0.580. The zero-order chi connectivity index (χ0) is 12.8. The molecule has 0 atom stereocenters. The maximum atomic E-state index is 9.74. The summed E-state index contributed by atoms with van der Waals surface area (Å²) in [6, 6.07) is 5.55. The summed E-state index contributed by atoms with van der Waals surface area (Å²) in [4.78, 5) is 4.41. The van der Waals surface area contributed by atoms with Crippen LogP contribution in [0.15, 0.2) is 22.7 Å². The van der Waals surface area contributed by atoms with E-state index in [9.17, 15) is 5.11 Å². The van der Waals surface area contributed by atoms with Crippen LogP contribution in [0.3, 0.4) is 0 Å². The lowest BCUT2D eigenvalue weighted by atomic mass is 10.2. The predicted octanol–water partition coefficient (Wildman–Crippen LogP) is 2.54. The number of halogens is 1. The van der Waals surface area contributed by atoms with Crippen molar-refractivity contribution in [2.75, 3.05) is 34.2 Å². The van der Waals surface area contributed by atoms with Gasteiger partial charge in [-0.3, -0.25) is 0 Å². The van der Waals surface area contributed by atoms with E-state index in [1.54, 1.807) is 6.07 Å². The molecule has 1 N–H and O–H groups in total. The molecule has 4 heteroatoms. The molecule has 0 heterocycles. The molecule has 0 fully saturated rings. The average Bonchev–Trinajstić information content (AvgIpc) is 2.23. The van der Waals surface area contributed by atoms with E-state index in [0.717, 1.165) is 36.1 Å². The minimum absolute atomic E-state index is 0.368. The molecule has 17 heavy (non-hydrogen) atoms. The van der Waals surface area contributed by atoms with E-state index in [4.69, 9.17) is 0 Å². The average molecular weight is 301 g/mol. The normalized spacial score (nSPS) is 11.4. The van der Waals surface area contributed by atoms with E-state index in [0.29, 0.717) is 5.75 Å². The Labute approximate surface area is 112 Å². The summed E-state index contributed by atoms with van der Waals surface area (Å²) >= 11 is 3.42. The van der Waals surface area contributed by atoms with Crippen LogP contribution in [0.4, 0.5) is 0 Å². The summed E-state index contributed by atoms with van der Waals surface area (Å²) < 4.78 is 1.01. The van der Waals surface area contributed by atoms with Crippen molar-refractivity contribution >= 4 is 15.9 Å². The fraction of sp³-hybridized carbons (Fsp3) is 0.538. The van der Waals surface area contributed by atoms with Crippen molar-refractivity contribution in [2.45, 2.75) is 13.0 Å². The van der Waals surface area contributed by atoms with Crippen LogP contribution in [0.1, 0.15) is 12.0 Å². The largest absolute Gasteiger partial charge is 0.508 e. The Morgan fingerprint density at radius 2 is 1.88 bits per heavy atom. The highest BCUT2D eigenvalue weighted by atomic mass is 79.9. The molecular formula is C13H21BrN2O. The van der Waals surface area contributed by atoms with E-state index >= 15 is 0 Å². The van der Waals surface area contributed by atoms with Gasteiger partial charge in [-0.05, 0) is 58.9 Å². The molecule has 0 aliphatic heterocycles. The molecule has 1 aromatic rings. The highest BCUT2D eigenvalue weighted by Crippen LogP contribution is 2.22. The minimum Gasteiger partial charge on any atom is -0.508 e. The van der Waals surface area contributed by atoms with Crippen molar-refractivity contribution in [3.05, 3.63) is 28.2 Å². The summed E-state index contributed by atoms with van der Waals surface area (Å²) in [5.74, 6) is 0.368. The molecule has 0 saturated heterocycles. The zero-order valence-electron chi connectivity index (χ0n) is 10.8. The Bertz CT molecular complexity index is 355. The third-order valence-corrected chi connectivity index (χ3v) is 3.12. The SMILES string of the molecule is CN(C)CCCN(C)Cc1cc(Br)ccc1O.